The zero-order valence-electron chi connectivity index (χ0n) is 17.3. The van der Waals surface area contributed by atoms with Crippen LogP contribution in [0.25, 0.3) is 62.7 Å². The molecule has 1 nitrogen and oxygen atoms in total. The van der Waals surface area contributed by atoms with Crippen LogP contribution in [0.3, 0.4) is 0 Å². The van der Waals surface area contributed by atoms with Gasteiger partial charge in [0.1, 0.15) is 0 Å². The van der Waals surface area contributed by atoms with E-state index in [1.165, 1.54) is 51.5 Å². The van der Waals surface area contributed by atoms with E-state index >= 15 is 0 Å². The average Bonchev–Trinajstić information content (AvgIpc) is 3.42. The number of thiophene rings is 2. The van der Waals surface area contributed by atoms with Crippen molar-refractivity contribution in [3.8, 4) is 22.4 Å². The molecule has 0 N–H and O–H groups in total. The van der Waals surface area contributed by atoms with Gasteiger partial charge in [0.25, 0.3) is 0 Å². The van der Waals surface area contributed by atoms with Crippen molar-refractivity contribution in [1.82, 2.24) is 4.98 Å². The molecule has 0 aliphatic carbocycles. The number of hydrogen-bond acceptors (Lipinski definition) is 3. The van der Waals surface area contributed by atoms with Crippen LogP contribution in [-0.4, -0.2) is 4.98 Å². The van der Waals surface area contributed by atoms with Crippen molar-refractivity contribution in [2.45, 2.75) is 0 Å². The second-order valence-corrected chi connectivity index (χ2v) is 10.0. The van der Waals surface area contributed by atoms with E-state index in [9.17, 15) is 0 Å². The summed E-state index contributed by atoms with van der Waals surface area (Å²) in [5.41, 5.74) is 4.45. The summed E-state index contributed by atoms with van der Waals surface area (Å²) in [4.78, 5) is 4.63. The number of hydrogen-bond donors (Lipinski definition) is 0. The Morgan fingerprint density at radius 3 is 2.18 bits per heavy atom. The van der Waals surface area contributed by atoms with E-state index in [0.29, 0.717) is 0 Å². The molecule has 0 fully saturated rings. The summed E-state index contributed by atoms with van der Waals surface area (Å²) in [7, 11) is 0. The molecule has 3 heterocycles. The van der Waals surface area contributed by atoms with Crippen LogP contribution in [0.15, 0.2) is 97.2 Å². The van der Waals surface area contributed by atoms with Gasteiger partial charge < -0.3 is 4.98 Å². The van der Waals surface area contributed by atoms with Crippen LogP contribution in [0, 0.1) is 6.07 Å². The van der Waals surface area contributed by atoms with Crippen molar-refractivity contribution >= 4 is 63.0 Å². The van der Waals surface area contributed by atoms with Crippen LogP contribution < -0.4 is 0 Å². The Balaban J connectivity index is 0.00000206. The first-order valence-electron chi connectivity index (χ1n) is 10.6. The van der Waals surface area contributed by atoms with Gasteiger partial charge in [-0.05, 0) is 35.5 Å². The Morgan fingerprint density at radius 1 is 0.667 bits per heavy atom. The molecule has 0 unspecified atom stereocenters. The van der Waals surface area contributed by atoms with E-state index in [1.807, 2.05) is 47.1 Å². The number of fused-ring (bicyclic) bond motifs is 7. The molecule has 4 heteroatoms. The summed E-state index contributed by atoms with van der Waals surface area (Å²) in [6, 6.07) is 35.6. The van der Waals surface area contributed by atoms with E-state index in [4.69, 9.17) is 0 Å². The summed E-state index contributed by atoms with van der Waals surface area (Å²) in [6.45, 7) is 0. The molecule has 0 saturated heterocycles. The van der Waals surface area contributed by atoms with Gasteiger partial charge in [0.05, 0.1) is 0 Å². The third kappa shape index (κ3) is 3.25. The van der Waals surface area contributed by atoms with Crippen LogP contribution in [0.1, 0.15) is 0 Å². The minimum atomic E-state index is 0. The van der Waals surface area contributed by atoms with Crippen LogP contribution in [0.4, 0.5) is 0 Å². The van der Waals surface area contributed by atoms with E-state index in [0.717, 1.165) is 11.3 Å². The molecule has 159 valence electrons. The average molecular weight is 635 g/mol. The van der Waals surface area contributed by atoms with Crippen molar-refractivity contribution < 1.29 is 20.1 Å². The van der Waals surface area contributed by atoms with Crippen molar-refractivity contribution in [1.29, 1.82) is 0 Å². The second kappa shape index (κ2) is 8.16. The van der Waals surface area contributed by atoms with Gasteiger partial charge in [-0.1, -0.05) is 42.5 Å². The predicted molar refractivity (Wildman–Crippen MR) is 140 cm³/mol. The Hall–Kier alpha value is -2.88. The fourth-order valence-electron chi connectivity index (χ4n) is 4.62. The second-order valence-electron chi connectivity index (χ2n) is 7.90. The van der Waals surface area contributed by atoms with Gasteiger partial charge in [-0.15, -0.1) is 58.6 Å². The molecule has 7 rings (SSSR count). The SMILES string of the molecule is [Ir].[c-]1ccccc1-c1cc(-c2cc3sc4ccccc4c3c3c2sc2ccccc23)ccn1. The summed E-state index contributed by atoms with van der Waals surface area (Å²) in [5, 5.41) is 5.45. The van der Waals surface area contributed by atoms with Gasteiger partial charge in [-0.3, -0.25) is 0 Å². The van der Waals surface area contributed by atoms with Gasteiger partial charge >= 0.3 is 0 Å². The molecule has 1 radical (unpaired) electrons. The van der Waals surface area contributed by atoms with Crippen LogP contribution >= 0.6 is 22.7 Å². The van der Waals surface area contributed by atoms with E-state index in [1.54, 1.807) is 0 Å². The quantitative estimate of drug-likeness (QED) is 0.173. The minimum Gasteiger partial charge on any atom is -0.305 e. The maximum absolute atomic E-state index is 4.63. The van der Waals surface area contributed by atoms with E-state index in [-0.39, 0.29) is 20.1 Å². The van der Waals surface area contributed by atoms with Crippen molar-refractivity contribution in [2.75, 3.05) is 0 Å². The fourth-order valence-corrected chi connectivity index (χ4v) is 7.02. The molecule has 3 aromatic heterocycles. The van der Waals surface area contributed by atoms with Crippen molar-refractivity contribution in [3.63, 3.8) is 0 Å². The third-order valence-corrected chi connectivity index (χ3v) is 8.37. The molecule has 0 spiro atoms. The van der Waals surface area contributed by atoms with Crippen LogP contribution in [-0.2, 0) is 20.1 Å². The van der Waals surface area contributed by atoms with Crippen LogP contribution in [0.2, 0.25) is 0 Å². The van der Waals surface area contributed by atoms with E-state index < -0.39 is 0 Å². The smallest absolute Gasteiger partial charge is 0.0440 e. The molecular formula is C29H16IrNS2-. The minimum absolute atomic E-state index is 0. The fraction of sp³-hybridized carbons (Fsp3) is 0. The predicted octanol–water partition coefficient (Wildman–Crippen LogP) is 8.95. The first-order valence-corrected chi connectivity index (χ1v) is 12.2. The van der Waals surface area contributed by atoms with Gasteiger partial charge in [0.15, 0.2) is 0 Å². The summed E-state index contributed by atoms with van der Waals surface area (Å²) in [5.74, 6) is 0. The standard InChI is InChI=1S/C29H16NS2.Ir/c1-2-8-18(9-3-1)23-16-19(14-15-30-23)22-17-26-27(20-10-4-6-12-24(20)31-26)28-21-11-5-7-13-25(21)32-29(22)28;/h1-8,10-17H;/q-1;. The number of nitrogens with zero attached hydrogens (tertiary/aromatic N) is 1. The normalized spacial score (nSPS) is 11.4. The molecule has 33 heavy (non-hydrogen) atoms. The zero-order chi connectivity index (χ0) is 21.1. The number of pyridine rings is 1. The van der Waals surface area contributed by atoms with Gasteiger partial charge in [0.2, 0.25) is 0 Å². The van der Waals surface area contributed by atoms with Gasteiger partial charge in [-0.2, -0.15) is 0 Å². The number of aromatic nitrogens is 1. The molecule has 0 aliphatic rings. The van der Waals surface area contributed by atoms with Gasteiger partial charge in [0, 0.05) is 72.2 Å². The zero-order valence-corrected chi connectivity index (χ0v) is 21.4. The first kappa shape index (κ1) is 20.7. The number of rotatable bonds is 2. The maximum atomic E-state index is 4.63. The van der Waals surface area contributed by atoms with E-state index in [2.05, 4.69) is 83.8 Å². The van der Waals surface area contributed by atoms with Crippen LogP contribution in [0.5, 0.6) is 0 Å². The third-order valence-electron chi connectivity index (χ3n) is 6.04. The molecule has 7 aromatic rings. The molecule has 0 saturated carbocycles. The summed E-state index contributed by atoms with van der Waals surface area (Å²) >= 11 is 3.77. The molecule has 0 aliphatic heterocycles. The monoisotopic (exact) mass is 635 g/mol. The molecular weight excluding hydrogens is 619 g/mol. The Kier molecular flexibility index (Phi) is 5.12. The topological polar surface area (TPSA) is 12.9 Å². The largest absolute Gasteiger partial charge is 0.305 e. The van der Waals surface area contributed by atoms with Crippen molar-refractivity contribution in [3.05, 3.63) is 103 Å². The molecule has 0 amide bonds. The number of benzene rings is 4. The Bertz CT molecular complexity index is 1780. The Morgan fingerprint density at radius 2 is 1.39 bits per heavy atom. The molecule has 0 bridgehead atoms. The molecule has 0 atom stereocenters. The summed E-state index contributed by atoms with van der Waals surface area (Å²) < 4.78 is 5.35. The first-order chi connectivity index (χ1) is 15.9. The van der Waals surface area contributed by atoms with Gasteiger partial charge in [-0.25, -0.2) is 0 Å². The molecule has 4 aromatic carbocycles. The van der Waals surface area contributed by atoms with Crippen molar-refractivity contribution in [2.24, 2.45) is 0 Å². The maximum Gasteiger partial charge on any atom is 0.0440 e. The Labute approximate surface area is 212 Å². The summed E-state index contributed by atoms with van der Waals surface area (Å²) in [6.07, 6.45) is 1.92.